The summed E-state index contributed by atoms with van der Waals surface area (Å²) in [5.41, 5.74) is 0.300. The lowest BCUT2D eigenvalue weighted by atomic mass is 9.98. The van der Waals surface area contributed by atoms with Gasteiger partial charge in [0.05, 0.1) is 0 Å². The Hall–Kier alpha value is -1.45. The third-order valence-electron chi connectivity index (χ3n) is 2.96. The van der Waals surface area contributed by atoms with Crippen LogP contribution in [0.3, 0.4) is 0 Å². The summed E-state index contributed by atoms with van der Waals surface area (Å²) >= 11 is 0. The average molecular weight is 255 g/mol. The van der Waals surface area contributed by atoms with Gasteiger partial charge in [0.1, 0.15) is 0 Å². The first-order valence-electron chi connectivity index (χ1n) is 6.34. The first-order chi connectivity index (χ1) is 8.58. The highest BCUT2D eigenvalue weighted by Gasteiger charge is 2.16. The van der Waals surface area contributed by atoms with E-state index in [9.17, 15) is 13.6 Å². The maximum Gasteiger partial charge on any atom is 0.227 e. The summed E-state index contributed by atoms with van der Waals surface area (Å²) in [6.07, 6.45) is 3.59. The van der Waals surface area contributed by atoms with Crippen LogP contribution in [0.1, 0.15) is 39.5 Å². The molecule has 0 saturated carbocycles. The van der Waals surface area contributed by atoms with Crippen molar-refractivity contribution in [3.8, 4) is 0 Å². The predicted molar refractivity (Wildman–Crippen MR) is 68.3 cm³/mol. The zero-order valence-corrected chi connectivity index (χ0v) is 10.8. The highest BCUT2D eigenvalue weighted by molar-refractivity contribution is 5.92. The summed E-state index contributed by atoms with van der Waals surface area (Å²) in [7, 11) is 0. The average Bonchev–Trinajstić information content (AvgIpc) is 2.35. The van der Waals surface area contributed by atoms with Crippen molar-refractivity contribution >= 4 is 11.6 Å². The van der Waals surface area contributed by atoms with Crippen LogP contribution in [-0.2, 0) is 4.79 Å². The molecule has 0 saturated heterocycles. The molecule has 0 aliphatic heterocycles. The molecule has 100 valence electrons. The van der Waals surface area contributed by atoms with Gasteiger partial charge in [0.2, 0.25) is 5.91 Å². The lowest BCUT2D eigenvalue weighted by Crippen LogP contribution is -2.22. The van der Waals surface area contributed by atoms with Crippen LogP contribution in [0.15, 0.2) is 18.2 Å². The molecule has 0 aliphatic carbocycles. The Morgan fingerprint density at radius 1 is 1.28 bits per heavy atom. The molecule has 0 spiro atoms. The van der Waals surface area contributed by atoms with Crippen molar-refractivity contribution in [3.05, 3.63) is 29.8 Å². The summed E-state index contributed by atoms with van der Waals surface area (Å²) < 4.78 is 25.7. The van der Waals surface area contributed by atoms with E-state index in [1.54, 1.807) is 0 Å². The van der Waals surface area contributed by atoms with Gasteiger partial charge in [0.25, 0.3) is 0 Å². The Morgan fingerprint density at radius 3 is 2.56 bits per heavy atom. The highest BCUT2D eigenvalue weighted by Crippen LogP contribution is 2.17. The Balaban J connectivity index is 2.64. The fraction of sp³-hybridized carbons (Fsp3) is 0.500. The molecule has 1 amide bonds. The molecule has 0 aliphatic rings. The van der Waals surface area contributed by atoms with E-state index in [0.717, 1.165) is 37.8 Å². The van der Waals surface area contributed by atoms with E-state index in [0.29, 0.717) is 5.69 Å². The minimum absolute atomic E-state index is 0.0712. The van der Waals surface area contributed by atoms with Gasteiger partial charge < -0.3 is 5.32 Å². The number of anilines is 1. The van der Waals surface area contributed by atoms with E-state index >= 15 is 0 Å². The summed E-state index contributed by atoms with van der Waals surface area (Å²) in [6.45, 7) is 4.02. The summed E-state index contributed by atoms with van der Waals surface area (Å²) in [5.74, 6) is -2.06. The van der Waals surface area contributed by atoms with E-state index in [1.165, 1.54) is 6.07 Å². The number of halogens is 2. The molecule has 0 unspecified atom stereocenters. The van der Waals surface area contributed by atoms with E-state index in [4.69, 9.17) is 0 Å². The van der Waals surface area contributed by atoms with Gasteiger partial charge in [-0.3, -0.25) is 4.79 Å². The van der Waals surface area contributed by atoms with E-state index < -0.39 is 11.6 Å². The largest absolute Gasteiger partial charge is 0.326 e. The van der Waals surface area contributed by atoms with Gasteiger partial charge in [-0.25, -0.2) is 8.78 Å². The molecule has 1 N–H and O–H groups in total. The quantitative estimate of drug-likeness (QED) is 0.814. The Morgan fingerprint density at radius 2 is 2.00 bits per heavy atom. The number of unbranched alkanes of at least 4 members (excludes halogenated alkanes) is 1. The molecule has 4 heteroatoms. The molecule has 0 heterocycles. The van der Waals surface area contributed by atoms with Crippen molar-refractivity contribution < 1.29 is 13.6 Å². The Kier molecular flexibility index (Phi) is 5.75. The third-order valence-corrected chi connectivity index (χ3v) is 2.96. The minimum atomic E-state index is -0.950. The van der Waals surface area contributed by atoms with E-state index in [2.05, 4.69) is 12.2 Å². The molecule has 0 bridgehead atoms. The van der Waals surface area contributed by atoms with Crippen LogP contribution in [-0.4, -0.2) is 5.91 Å². The third kappa shape index (κ3) is 4.09. The van der Waals surface area contributed by atoms with Crippen LogP contribution in [0.4, 0.5) is 14.5 Å². The van der Waals surface area contributed by atoms with Crippen molar-refractivity contribution in [3.63, 3.8) is 0 Å². The van der Waals surface area contributed by atoms with Gasteiger partial charge in [0.15, 0.2) is 11.6 Å². The number of carbonyl (C=O) groups excluding carboxylic acids is 1. The molecule has 1 atom stereocenters. The number of hydrogen-bond acceptors (Lipinski definition) is 1. The van der Waals surface area contributed by atoms with Gasteiger partial charge in [-0.2, -0.15) is 0 Å². The van der Waals surface area contributed by atoms with Crippen LogP contribution >= 0.6 is 0 Å². The molecule has 2 nitrogen and oxygen atoms in total. The summed E-state index contributed by atoms with van der Waals surface area (Å²) in [4.78, 5) is 11.9. The topological polar surface area (TPSA) is 29.1 Å². The maximum absolute atomic E-state index is 13.0. The predicted octanol–water partition coefficient (Wildman–Crippen LogP) is 4.12. The first kappa shape index (κ1) is 14.6. The van der Waals surface area contributed by atoms with Gasteiger partial charge in [-0.05, 0) is 25.0 Å². The summed E-state index contributed by atoms with van der Waals surface area (Å²) in [6, 6.07) is 3.38. The SMILES string of the molecule is CCCC[C@@H](CC)C(=O)Nc1ccc(F)c(F)c1. The maximum atomic E-state index is 13.0. The highest BCUT2D eigenvalue weighted by atomic mass is 19.2. The van der Waals surface area contributed by atoms with Gasteiger partial charge in [0, 0.05) is 17.7 Å². The number of rotatable bonds is 6. The fourth-order valence-corrected chi connectivity index (χ4v) is 1.79. The van der Waals surface area contributed by atoms with Crippen molar-refractivity contribution in [1.82, 2.24) is 0 Å². The second-order valence-corrected chi connectivity index (χ2v) is 4.37. The second-order valence-electron chi connectivity index (χ2n) is 4.37. The van der Waals surface area contributed by atoms with Crippen molar-refractivity contribution in [2.45, 2.75) is 39.5 Å². The normalized spacial score (nSPS) is 12.2. The van der Waals surface area contributed by atoms with Crippen molar-refractivity contribution in [2.24, 2.45) is 5.92 Å². The molecule has 0 radical (unpaired) electrons. The molecule has 1 rings (SSSR count). The number of amides is 1. The van der Waals surface area contributed by atoms with Gasteiger partial charge in [-0.1, -0.05) is 26.7 Å². The van der Waals surface area contributed by atoms with Crippen LogP contribution in [0, 0.1) is 17.6 Å². The van der Waals surface area contributed by atoms with E-state index in [1.807, 2.05) is 6.92 Å². The molecule has 1 aromatic carbocycles. The van der Waals surface area contributed by atoms with Crippen molar-refractivity contribution in [2.75, 3.05) is 5.32 Å². The molecular formula is C14H19F2NO. The Labute approximate surface area is 106 Å². The Bertz CT molecular complexity index is 407. The lowest BCUT2D eigenvalue weighted by molar-refractivity contribution is -0.120. The molecule has 0 fully saturated rings. The van der Waals surface area contributed by atoms with Gasteiger partial charge >= 0.3 is 0 Å². The molecule has 0 aromatic heterocycles. The molecule has 1 aromatic rings. The first-order valence-corrected chi connectivity index (χ1v) is 6.34. The van der Waals surface area contributed by atoms with Crippen LogP contribution in [0.25, 0.3) is 0 Å². The second kappa shape index (κ2) is 7.09. The number of hydrogen-bond donors (Lipinski definition) is 1. The van der Waals surface area contributed by atoms with E-state index in [-0.39, 0.29) is 11.8 Å². The number of nitrogens with one attached hydrogen (secondary N) is 1. The standard InChI is InChI=1S/C14H19F2NO/c1-3-5-6-10(4-2)14(18)17-11-7-8-12(15)13(16)9-11/h7-10H,3-6H2,1-2H3,(H,17,18)/t10-/m1/s1. The van der Waals surface area contributed by atoms with Crippen LogP contribution in [0.5, 0.6) is 0 Å². The number of carbonyl (C=O) groups is 1. The number of benzene rings is 1. The molecule has 18 heavy (non-hydrogen) atoms. The van der Waals surface area contributed by atoms with Crippen molar-refractivity contribution in [1.29, 1.82) is 0 Å². The molecular weight excluding hydrogens is 236 g/mol. The van der Waals surface area contributed by atoms with Crippen LogP contribution < -0.4 is 5.32 Å². The van der Waals surface area contributed by atoms with Gasteiger partial charge in [-0.15, -0.1) is 0 Å². The van der Waals surface area contributed by atoms with Crippen LogP contribution in [0.2, 0.25) is 0 Å². The zero-order chi connectivity index (χ0) is 13.5. The minimum Gasteiger partial charge on any atom is -0.326 e. The smallest absolute Gasteiger partial charge is 0.227 e. The lowest BCUT2D eigenvalue weighted by Gasteiger charge is -2.14. The zero-order valence-electron chi connectivity index (χ0n) is 10.8. The fourth-order valence-electron chi connectivity index (χ4n) is 1.79. The monoisotopic (exact) mass is 255 g/mol. The summed E-state index contributed by atoms with van der Waals surface area (Å²) in [5, 5.41) is 2.62.